The molecular formula is C10H24O2Si. The first-order valence-corrected chi connectivity index (χ1v) is 6.16. The Labute approximate surface area is 85.5 Å². The van der Waals surface area contributed by atoms with E-state index >= 15 is 0 Å². The molecule has 0 heterocycles. The lowest BCUT2D eigenvalue weighted by Crippen LogP contribution is -2.17. The van der Waals surface area contributed by atoms with Gasteiger partial charge in [0.2, 0.25) is 0 Å². The van der Waals surface area contributed by atoms with Crippen LogP contribution in [-0.2, 0) is 9.16 Å². The van der Waals surface area contributed by atoms with Crippen molar-refractivity contribution in [1.29, 1.82) is 0 Å². The second-order valence-electron chi connectivity index (χ2n) is 3.86. The molecule has 0 amide bonds. The van der Waals surface area contributed by atoms with E-state index in [1.54, 1.807) is 0 Å². The van der Waals surface area contributed by atoms with Gasteiger partial charge in [0.25, 0.3) is 0 Å². The Balaban J connectivity index is 3.36. The highest BCUT2D eigenvalue weighted by molar-refractivity contribution is 5.98. The van der Waals surface area contributed by atoms with Crippen LogP contribution in [0.25, 0.3) is 0 Å². The summed E-state index contributed by atoms with van der Waals surface area (Å²) in [6.07, 6.45) is 4.68. The first-order valence-electron chi connectivity index (χ1n) is 5.35. The molecule has 13 heavy (non-hydrogen) atoms. The highest BCUT2D eigenvalue weighted by Crippen LogP contribution is 2.07. The van der Waals surface area contributed by atoms with Crippen LogP contribution in [-0.4, -0.2) is 23.4 Å². The van der Waals surface area contributed by atoms with Gasteiger partial charge in [0.1, 0.15) is 16.8 Å². The van der Waals surface area contributed by atoms with Gasteiger partial charge >= 0.3 is 0 Å². The molecular weight excluding hydrogens is 180 g/mol. The van der Waals surface area contributed by atoms with E-state index in [-0.39, 0.29) is 6.29 Å². The zero-order valence-electron chi connectivity index (χ0n) is 9.51. The molecule has 1 unspecified atom stereocenters. The van der Waals surface area contributed by atoms with Gasteiger partial charge in [-0.05, 0) is 25.2 Å². The van der Waals surface area contributed by atoms with Crippen LogP contribution in [0.4, 0.5) is 0 Å². The minimum Gasteiger partial charge on any atom is -0.404 e. The van der Waals surface area contributed by atoms with Gasteiger partial charge in [-0.1, -0.05) is 27.2 Å². The third-order valence-electron chi connectivity index (χ3n) is 2.06. The summed E-state index contributed by atoms with van der Waals surface area (Å²) >= 11 is 0. The van der Waals surface area contributed by atoms with Crippen LogP contribution in [0, 0.1) is 5.92 Å². The van der Waals surface area contributed by atoms with E-state index in [2.05, 4.69) is 20.8 Å². The van der Waals surface area contributed by atoms with E-state index in [0.29, 0.717) is 0 Å². The molecule has 0 aliphatic carbocycles. The molecule has 0 rings (SSSR count). The normalized spacial score (nSPS) is 13.8. The lowest BCUT2D eigenvalue weighted by atomic mass is 10.1. The molecule has 0 aromatic carbocycles. The van der Waals surface area contributed by atoms with Crippen LogP contribution in [0.15, 0.2) is 0 Å². The van der Waals surface area contributed by atoms with Gasteiger partial charge in [-0.2, -0.15) is 0 Å². The van der Waals surface area contributed by atoms with Crippen LogP contribution < -0.4 is 0 Å². The number of hydrogen-bond acceptors (Lipinski definition) is 2. The van der Waals surface area contributed by atoms with Crippen LogP contribution in [0.5, 0.6) is 0 Å². The number of hydrogen-bond donors (Lipinski definition) is 0. The van der Waals surface area contributed by atoms with E-state index in [0.717, 1.165) is 35.9 Å². The van der Waals surface area contributed by atoms with Crippen LogP contribution in [0.1, 0.15) is 46.5 Å². The Morgan fingerprint density at radius 1 is 1.23 bits per heavy atom. The number of rotatable bonds is 8. The summed E-state index contributed by atoms with van der Waals surface area (Å²) in [6.45, 7) is 7.46. The highest BCUT2D eigenvalue weighted by atomic mass is 28.2. The molecule has 0 saturated carbocycles. The number of unbranched alkanes of at least 4 members (excludes halogenated alkanes) is 1. The van der Waals surface area contributed by atoms with Crippen LogP contribution >= 0.6 is 0 Å². The lowest BCUT2D eigenvalue weighted by molar-refractivity contribution is -0.0846. The van der Waals surface area contributed by atoms with Crippen molar-refractivity contribution in [3.8, 4) is 0 Å². The number of ether oxygens (including phenoxy) is 1. The van der Waals surface area contributed by atoms with Crippen LogP contribution in [0.3, 0.4) is 0 Å². The van der Waals surface area contributed by atoms with E-state index in [9.17, 15) is 0 Å². The third kappa shape index (κ3) is 8.47. The van der Waals surface area contributed by atoms with E-state index in [1.165, 1.54) is 12.8 Å². The van der Waals surface area contributed by atoms with Gasteiger partial charge in [0.15, 0.2) is 0 Å². The summed E-state index contributed by atoms with van der Waals surface area (Å²) in [5.41, 5.74) is 0. The Kier molecular flexibility index (Phi) is 8.81. The fraction of sp³-hybridized carbons (Fsp3) is 1.00. The zero-order valence-corrected chi connectivity index (χ0v) is 11.5. The molecule has 0 aromatic heterocycles. The quantitative estimate of drug-likeness (QED) is 0.444. The Hall–Kier alpha value is 0.137. The first-order chi connectivity index (χ1) is 6.20. The molecule has 0 spiro atoms. The minimum absolute atomic E-state index is 0.0744. The molecule has 1 atom stereocenters. The zero-order chi connectivity index (χ0) is 10.1. The van der Waals surface area contributed by atoms with Crippen molar-refractivity contribution in [2.24, 2.45) is 5.92 Å². The average molecular weight is 204 g/mol. The summed E-state index contributed by atoms with van der Waals surface area (Å²) in [6, 6.07) is 0. The summed E-state index contributed by atoms with van der Waals surface area (Å²) in [5.74, 6) is 0.723. The second-order valence-corrected chi connectivity index (χ2v) is 4.33. The largest absolute Gasteiger partial charge is 0.404 e. The summed E-state index contributed by atoms with van der Waals surface area (Å²) in [7, 11) is 0.777. The molecule has 0 bridgehead atoms. The Morgan fingerprint density at radius 2 is 1.92 bits per heavy atom. The molecule has 0 saturated heterocycles. The van der Waals surface area contributed by atoms with Crippen molar-refractivity contribution in [2.75, 3.05) is 6.61 Å². The molecule has 0 aliphatic rings. The summed E-state index contributed by atoms with van der Waals surface area (Å²) in [4.78, 5) is 0. The standard InChI is InChI=1S/C10H24O2Si/c1-4-5-6-10(12-13)11-8-7-9(2)3/h9-10H,4-8H2,1-3,13H3. The van der Waals surface area contributed by atoms with Gasteiger partial charge in [0.05, 0.1) is 0 Å². The van der Waals surface area contributed by atoms with E-state index < -0.39 is 0 Å². The minimum atomic E-state index is 0.0744. The maximum absolute atomic E-state index is 5.62. The molecule has 0 aromatic rings. The maximum atomic E-state index is 5.62. The molecule has 3 heteroatoms. The van der Waals surface area contributed by atoms with Gasteiger partial charge in [-0.15, -0.1) is 0 Å². The van der Waals surface area contributed by atoms with Crippen molar-refractivity contribution < 1.29 is 9.16 Å². The topological polar surface area (TPSA) is 18.5 Å². The molecule has 0 fully saturated rings. The van der Waals surface area contributed by atoms with Gasteiger partial charge in [-0.3, -0.25) is 0 Å². The van der Waals surface area contributed by atoms with Crippen molar-refractivity contribution >= 4 is 10.5 Å². The van der Waals surface area contributed by atoms with Crippen LogP contribution in [0.2, 0.25) is 0 Å². The second kappa shape index (κ2) is 8.72. The van der Waals surface area contributed by atoms with E-state index in [4.69, 9.17) is 9.16 Å². The SMILES string of the molecule is CCCCC(O[SiH3])OCCC(C)C. The average Bonchev–Trinajstić information content (AvgIpc) is 2.10. The molecule has 0 aliphatic heterocycles. The van der Waals surface area contributed by atoms with Gasteiger partial charge in [0, 0.05) is 6.61 Å². The first kappa shape index (κ1) is 13.1. The van der Waals surface area contributed by atoms with Gasteiger partial charge < -0.3 is 9.16 Å². The lowest BCUT2D eigenvalue weighted by Gasteiger charge is -2.17. The van der Waals surface area contributed by atoms with Crippen molar-refractivity contribution in [1.82, 2.24) is 0 Å². The smallest absolute Gasteiger partial charge is 0.149 e. The Morgan fingerprint density at radius 3 is 2.38 bits per heavy atom. The Bertz CT molecular complexity index is 107. The van der Waals surface area contributed by atoms with Crippen molar-refractivity contribution in [3.63, 3.8) is 0 Å². The molecule has 80 valence electrons. The van der Waals surface area contributed by atoms with Crippen molar-refractivity contribution in [3.05, 3.63) is 0 Å². The molecule has 2 nitrogen and oxygen atoms in total. The molecule has 0 N–H and O–H groups in total. The van der Waals surface area contributed by atoms with E-state index in [1.807, 2.05) is 0 Å². The highest BCUT2D eigenvalue weighted by Gasteiger charge is 2.05. The fourth-order valence-electron chi connectivity index (χ4n) is 1.08. The predicted octanol–water partition coefficient (Wildman–Crippen LogP) is 1.86. The molecule has 0 radical (unpaired) electrons. The monoisotopic (exact) mass is 204 g/mol. The predicted molar refractivity (Wildman–Crippen MR) is 59.7 cm³/mol. The summed E-state index contributed by atoms with van der Waals surface area (Å²) < 4.78 is 11.0. The fourth-order valence-corrected chi connectivity index (χ4v) is 1.45. The summed E-state index contributed by atoms with van der Waals surface area (Å²) in [5, 5.41) is 0. The third-order valence-corrected chi connectivity index (χ3v) is 2.58. The van der Waals surface area contributed by atoms with Crippen molar-refractivity contribution in [2.45, 2.75) is 52.7 Å². The maximum Gasteiger partial charge on any atom is 0.149 e. The van der Waals surface area contributed by atoms with Gasteiger partial charge in [-0.25, -0.2) is 0 Å².